The van der Waals surface area contributed by atoms with E-state index >= 15 is 0 Å². The van der Waals surface area contributed by atoms with Gasteiger partial charge in [0.1, 0.15) is 5.75 Å². The fourth-order valence-corrected chi connectivity index (χ4v) is 3.87. The van der Waals surface area contributed by atoms with Gasteiger partial charge < -0.3 is 10.5 Å². The second-order valence-corrected chi connectivity index (χ2v) is 7.23. The summed E-state index contributed by atoms with van der Waals surface area (Å²) in [5.41, 5.74) is 8.59. The van der Waals surface area contributed by atoms with Crippen LogP contribution >= 0.6 is 43.2 Å². The molecule has 0 aliphatic heterocycles. The lowest BCUT2D eigenvalue weighted by Gasteiger charge is -2.13. The molecule has 0 saturated carbocycles. The average molecular weight is 391 g/mol. The number of ether oxygens (including phenoxy) is 1. The number of nitrogens with two attached hydrogens (primary N) is 1. The van der Waals surface area contributed by atoms with Gasteiger partial charge in [0, 0.05) is 9.35 Å². The normalized spacial score (nSPS) is 12.5. The summed E-state index contributed by atoms with van der Waals surface area (Å²) in [7, 11) is 1.65. The highest BCUT2D eigenvalue weighted by Crippen LogP contribution is 2.36. The lowest BCUT2D eigenvalue weighted by molar-refractivity contribution is 0.414. The zero-order valence-corrected chi connectivity index (χ0v) is 14.0. The fourth-order valence-electron chi connectivity index (χ4n) is 1.68. The average Bonchev–Trinajstić information content (AvgIpc) is 2.68. The van der Waals surface area contributed by atoms with Crippen LogP contribution in [0.4, 0.5) is 0 Å². The van der Waals surface area contributed by atoms with E-state index in [4.69, 9.17) is 10.5 Å². The lowest BCUT2D eigenvalue weighted by atomic mass is 10.1. The van der Waals surface area contributed by atoms with Gasteiger partial charge in [0.25, 0.3) is 0 Å². The van der Waals surface area contributed by atoms with Crippen molar-refractivity contribution in [2.24, 2.45) is 5.73 Å². The SMILES string of the molecule is COc1ccc(C(N)c2cc(C)c(Br)s2)c(Br)c1. The third-order valence-electron chi connectivity index (χ3n) is 2.73. The van der Waals surface area contributed by atoms with Crippen molar-refractivity contribution < 1.29 is 4.74 Å². The number of thiophene rings is 1. The van der Waals surface area contributed by atoms with E-state index in [0.29, 0.717) is 0 Å². The first-order chi connectivity index (χ1) is 8.52. The molecule has 2 nitrogen and oxygen atoms in total. The van der Waals surface area contributed by atoms with E-state index < -0.39 is 0 Å². The van der Waals surface area contributed by atoms with Gasteiger partial charge in [0.2, 0.25) is 0 Å². The van der Waals surface area contributed by atoms with E-state index in [2.05, 4.69) is 44.8 Å². The summed E-state index contributed by atoms with van der Waals surface area (Å²) in [5, 5.41) is 0. The van der Waals surface area contributed by atoms with E-state index in [0.717, 1.165) is 24.4 Å². The first-order valence-corrected chi connectivity index (χ1v) is 7.78. The van der Waals surface area contributed by atoms with Gasteiger partial charge in [0.15, 0.2) is 0 Å². The van der Waals surface area contributed by atoms with Crippen molar-refractivity contribution >= 4 is 43.2 Å². The predicted octanol–water partition coefficient (Wildman–Crippen LogP) is 4.64. The molecule has 0 fully saturated rings. The Morgan fingerprint density at radius 2 is 2.00 bits per heavy atom. The maximum Gasteiger partial charge on any atom is 0.120 e. The Balaban J connectivity index is 2.36. The van der Waals surface area contributed by atoms with Crippen molar-refractivity contribution in [3.63, 3.8) is 0 Å². The summed E-state index contributed by atoms with van der Waals surface area (Å²) < 4.78 is 7.29. The third kappa shape index (κ3) is 2.79. The monoisotopic (exact) mass is 389 g/mol. The molecule has 0 radical (unpaired) electrons. The number of methoxy groups -OCH3 is 1. The van der Waals surface area contributed by atoms with Crippen LogP contribution in [0, 0.1) is 6.92 Å². The van der Waals surface area contributed by atoms with Crippen LogP contribution in [0.3, 0.4) is 0 Å². The number of rotatable bonds is 3. The molecular weight excluding hydrogens is 378 g/mol. The van der Waals surface area contributed by atoms with Crippen LogP contribution in [-0.4, -0.2) is 7.11 Å². The predicted molar refractivity (Wildman–Crippen MR) is 83.5 cm³/mol. The summed E-state index contributed by atoms with van der Waals surface area (Å²) >= 11 is 8.75. The lowest BCUT2D eigenvalue weighted by Crippen LogP contribution is -2.10. The van der Waals surface area contributed by atoms with E-state index in [1.165, 1.54) is 5.56 Å². The first kappa shape index (κ1) is 14.1. The topological polar surface area (TPSA) is 35.2 Å². The Morgan fingerprint density at radius 1 is 1.28 bits per heavy atom. The molecule has 2 rings (SSSR count). The number of hydrogen-bond donors (Lipinski definition) is 1. The molecule has 0 bridgehead atoms. The van der Waals surface area contributed by atoms with Crippen molar-refractivity contribution in [2.75, 3.05) is 7.11 Å². The van der Waals surface area contributed by atoms with E-state index in [1.54, 1.807) is 18.4 Å². The van der Waals surface area contributed by atoms with Gasteiger partial charge in [-0.2, -0.15) is 0 Å². The quantitative estimate of drug-likeness (QED) is 0.828. The van der Waals surface area contributed by atoms with Crippen LogP contribution in [0.1, 0.15) is 22.0 Å². The van der Waals surface area contributed by atoms with E-state index in [1.807, 2.05) is 18.2 Å². The largest absolute Gasteiger partial charge is 0.497 e. The molecule has 1 unspecified atom stereocenters. The van der Waals surface area contributed by atoms with Crippen LogP contribution in [0.25, 0.3) is 0 Å². The highest BCUT2D eigenvalue weighted by atomic mass is 79.9. The summed E-state index contributed by atoms with van der Waals surface area (Å²) in [4.78, 5) is 1.14. The maximum atomic E-state index is 6.31. The Morgan fingerprint density at radius 3 is 2.50 bits per heavy atom. The molecule has 1 heterocycles. The van der Waals surface area contributed by atoms with E-state index in [9.17, 15) is 0 Å². The van der Waals surface area contributed by atoms with Crippen LogP contribution < -0.4 is 10.5 Å². The van der Waals surface area contributed by atoms with Crippen LogP contribution in [0.15, 0.2) is 32.5 Å². The van der Waals surface area contributed by atoms with Crippen LogP contribution in [0.5, 0.6) is 5.75 Å². The van der Waals surface area contributed by atoms with E-state index in [-0.39, 0.29) is 6.04 Å². The molecule has 18 heavy (non-hydrogen) atoms. The smallest absolute Gasteiger partial charge is 0.120 e. The molecule has 0 amide bonds. The third-order valence-corrected chi connectivity index (χ3v) is 5.63. The van der Waals surface area contributed by atoms with Crippen molar-refractivity contribution in [1.29, 1.82) is 0 Å². The number of benzene rings is 1. The fraction of sp³-hybridized carbons (Fsp3) is 0.231. The summed E-state index contributed by atoms with van der Waals surface area (Å²) in [6.45, 7) is 2.07. The molecule has 0 spiro atoms. The minimum atomic E-state index is -0.125. The molecule has 5 heteroatoms. The molecule has 0 aliphatic carbocycles. The van der Waals surface area contributed by atoms with Gasteiger partial charge in [-0.3, -0.25) is 0 Å². The molecule has 1 atom stereocenters. The molecular formula is C13H13Br2NOS. The Labute approximate surface area is 127 Å². The van der Waals surface area contributed by atoms with Gasteiger partial charge in [-0.1, -0.05) is 22.0 Å². The van der Waals surface area contributed by atoms with Crippen LogP contribution in [0.2, 0.25) is 0 Å². The Kier molecular flexibility index (Phi) is 4.48. The highest BCUT2D eigenvalue weighted by Gasteiger charge is 2.16. The molecule has 96 valence electrons. The molecule has 2 N–H and O–H groups in total. The summed E-state index contributed by atoms with van der Waals surface area (Å²) in [5.74, 6) is 0.821. The van der Waals surface area contributed by atoms with Crippen molar-refractivity contribution in [2.45, 2.75) is 13.0 Å². The molecule has 1 aromatic carbocycles. The second-order valence-electron chi connectivity index (χ2n) is 3.97. The number of hydrogen-bond acceptors (Lipinski definition) is 3. The number of aryl methyl sites for hydroxylation is 1. The zero-order chi connectivity index (χ0) is 13.3. The van der Waals surface area contributed by atoms with Gasteiger partial charge >= 0.3 is 0 Å². The van der Waals surface area contributed by atoms with Crippen LogP contribution in [-0.2, 0) is 0 Å². The Bertz CT molecular complexity index is 549. The molecule has 0 aliphatic rings. The van der Waals surface area contributed by atoms with Gasteiger partial charge in [0.05, 0.1) is 16.9 Å². The maximum absolute atomic E-state index is 6.31. The molecule has 1 aromatic heterocycles. The first-order valence-electron chi connectivity index (χ1n) is 5.37. The van der Waals surface area contributed by atoms with Gasteiger partial charge in [-0.25, -0.2) is 0 Å². The van der Waals surface area contributed by atoms with Crippen molar-refractivity contribution in [3.8, 4) is 5.75 Å². The minimum absolute atomic E-state index is 0.125. The minimum Gasteiger partial charge on any atom is -0.497 e. The van der Waals surface area contributed by atoms with Gasteiger partial charge in [-0.05, 0) is 52.2 Å². The molecule has 0 saturated heterocycles. The van der Waals surface area contributed by atoms with Crippen molar-refractivity contribution in [1.82, 2.24) is 0 Å². The highest BCUT2D eigenvalue weighted by molar-refractivity contribution is 9.11. The standard InChI is InChI=1S/C13H13Br2NOS/c1-7-5-11(18-13(7)15)12(16)9-4-3-8(17-2)6-10(9)14/h3-6,12H,16H2,1-2H3. The van der Waals surface area contributed by atoms with Gasteiger partial charge in [-0.15, -0.1) is 11.3 Å². The second kappa shape index (κ2) is 5.74. The summed E-state index contributed by atoms with van der Waals surface area (Å²) in [6, 6.07) is 7.85. The molecule has 2 aromatic rings. The van der Waals surface area contributed by atoms with Crippen molar-refractivity contribution in [3.05, 3.63) is 48.5 Å². The Hall–Kier alpha value is -0.360. The summed E-state index contributed by atoms with van der Waals surface area (Å²) in [6.07, 6.45) is 0. The number of halogens is 2. The zero-order valence-electron chi connectivity index (χ0n) is 10.0.